The van der Waals surface area contributed by atoms with Gasteiger partial charge >= 0.3 is 0 Å². The highest BCUT2D eigenvalue weighted by molar-refractivity contribution is 8.18. The summed E-state index contributed by atoms with van der Waals surface area (Å²) in [4.78, 5) is 20.2. The van der Waals surface area contributed by atoms with Gasteiger partial charge < -0.3 is 10.2 Å². The van der Waals surface area contributed by atoms with E-state index >= 15 is 0 Å². The molecule has 0 saturated carbocycles. The van der Waals surface area contributed by atoms with Crippen molar-refractivity contribution in [3.05, 3.63) is 63.5 Å². The molecular formula is C25H28ClN3OS. The van der Waals surface area contributed by atoms with Gasteiger partial charge in [-0.1, -0.05) is 24.6 Å². The molecular weight excluding hydrogens is 426 g/mol. The maximum absolute atomic E-state index is 12.5. The van der Waals surface area contributed by atoms with E-state index in [2.05, 4.69) is 68.0 Å². The van der Waals surface area contributed by atoms with Crippen molar-refractivity contribution in [1.82, 2.24) is 5.32 Å². The van der Waals surface area contributed by atoms with Gasteiger partial charge in [0.25, 0.3) is 5.91 Å². The van der Waals surface area contributed by atoms with E-state index < -0.39 is 0 Å². The van der Waals surface area contributed by atoms with Gasteiger partial charge in [0.2, 0.25) is 0 Å². The van der Waals surface area contributed by atoms with Crippen LogP contribution in [-0.4, -0.2) is 22.7 Å². The van der Waals surface area contributed by atoms with Gasteiger partial charge in [-0.25, -0.2) is 4.99 Å². The third-order valence-electron chi connectivity index (χ3n) is 5.82. The van der Waals surface area contributed by atoms with E-state index in [1.807, 2.05) is 18.2 Å². The fourth-order valence-electron chi connectivity index (χ4n) is 4.80. The van der Waals surface area contributed by atoms with Crippen LogP contribution in [0.25, 0.3) is 6.08 Å². The minimum Gasteiger partial charge on any atom is -0.364 e. The molecule has 6 heteroatoms. The van der Waals surface area contributed by atoms with Crippen LogP contribution in [0.3, 0.4) is 0 Å². The van der Waals surface area contributed by atoms with Crippen LogP contribution in [0.2, 0.25) is 5.02 Å². The molecule has 0 unspecified atom stereocenters. The first-order valence-corrected chi connectivity index (χ1v) is 11.8. The number of aliphatic imine (C=N–C) groups is 1. The average Bonchev–Trinajstić information content (AvgIpc) is 3.02. The van der Waals surface area contributed by atoms with Gasteiger partial charge in [-0.2, -0.15) is 0 Å². The maximum Gasteiger partial charge on any atom is 0.264 e. The number of benzene rings is 2. The topological polar surface area (TPSA) is 44.7 Å². The zero-order valence-electron chi connectivity index (χ0n) is 18.6. The minimum absolute atomic E-state index is 0.117. The Morgan fingerprint density at radius 1 is 1.23 bits per heavy atom. The molecule has 162 valence electrons. The predicted octanol–water partition coefficient (Wildman–Crippen LogP) is 6.73. The SMILES string of the molecule is CC(C)N1c2ccc(/C=C3\SC(=Nc4ccc(Cl)cc4)NC3=O)cc2[C@@H](C)CC1(C)C. The van der Waals surface area contributed by atoms with Crippen molar-refractivity contribution < 1.29 is 4.79 Å². The van der Waals surface area contributed by atoms with Gasteiger partial charge in [0, 0.05) is 22.3 Å². The van der Waals surface area contributed by atoms with Crippen molar-refractivity contribution in [2.24, 2.45) is 4.99 Å². The molecule has 2 aromatic carbocycles. The van der Waals surface area contributed by atoms with Crippen LogP contribution in [0, 0.1) is 0 Å². The third-order valence-corrected chi connectivity index (χ3v) is 6.98. The fourth-order valence-corrected chi connectivity index (χ4v) is 5.77. The molecule has 2 aromatic rings. The Hall–Kier alpha value is -2.24. The molecule has 0 bridgehead atoms. The number of carbonyl (C=O) groups excluding carboxylic acids is 1. The average molecular weight is 454 g/mol. The monoisotopic (exact) mass is 453 g/mol. The smallest absolute Gasteiger partial charge is 0.264 e. The summed E-state index contributed by atoms with van der Waals surface area (Å²) in [5.74, 6) is 0.346. The van der Waals surface area contributed by atoms with E-state index in [4.69, 9.17) is 11.6 Å². The summed E-state index contributed by atoms with van der Waals surface area (Å²) < 4.78 is 0. The lowest BCUT2D eigenvalue weighted by molar-refractivity contribution is -0.115. The highest BCUT2D eigenvalue weighted by atomic mass is 35.5. The zero-order valence-corrected chi connectivity index (χ0v) is 20.1. The standard InChI is InChI=1S/C25H28ClN3OS/c1-15(2)29-21-11-6-17(12-20(21)16(3)14-25(29,4)5)13-22-23(30)28-24(31-22)27-19-9-7-18(26)8-10-19/h6-13,15-16H,14H2,1-5H3,(H,27,28,30)/b22-13-/t16-/m0/s1. The highest BCUT2D eigenvalue weighted by Crippen LogP contribution is 2.45. The normalized spacial score (nSPS) is 22.9. The third kappa shape index (κ3) is 4.53. The molecule has 31 heavy (non-hydrogen) atoms. The summed E-state index contributed by atoms with van der Waals surface area (Å²) in [5.41, 5.74) is 4.57. The molecule has 1 saturated heterocycles. The second kappa shape index (κ2) is 8.36. The molecule has 4 rings (SSSR count). The lowest BCUT2D eigenvalue weighted by Gasteiger charge is -2.50. The molecule has 4 nitrogen and oxygen atoms in total. The Kier molecular flexibility index (Phi) is 5.93. The second-order valence-corrected chi connectivity index (χ2v) is 10.6. The van der Waals surface area contributed by atoms with Gasteiger partial charge in [0.15, 0.2) is 5.17 Å². The van der Waals surface area contributed by atoms with Crippen LogP contribution in [0.4, 0.5) is 11.4 Å². The summed E-state index contributed by atoms with van der Waals surface area (Å²) in [5, 5.41) is 4.10. The molecule has 0 aromatic heterocycles. The molecule has 2 aliphatic rings. The van der Waals surface area contributed by atoms with E-state index in [1.54, 1.807) is 12.1 Å². The predicted molar refractivity (Wildman–Crippen MR) is 133 cm³/mol. The molecule has 2 aliphatic heterocycles. The highest BCUT2D eigenvalue weighted by Gasteiger charge is 2.37. The lowest BCUT2D eigenvalue weighted by Crippen LogP contribution is -2.51. The van der Waals surface area contributed by atoms with Crippen LogP contribution < -0.4 is 10.2 Å². The maximum atomic E-state index is 12.5. The van der Waals surface area contributed by atoms with Gasteiger partial charge in [0.05, 0.1) is 10.6 Å². The Morgan fingerprint density at radius 3 is 2.61 bits per heavy atom. The molecule has 0 radical (unpaired) electrons. The number of nitrogens with zero attached hydrogens (tertiary/aromatic N) is 2. The Labute approximate surface area is 193 Å². The quantitative estimate of drug-likeness (QED) is 0.524. The van der Waals surface area contributed by atoms with Crippen molar-refractivity contribution in [1.29, 1.82) is 0 Å². The Morgan fingerprint density at radius 2 is 1.94 bits per heavy atom. The van der Waals surface area contributed by atoms with Crippen LogP contribution in [0.1, 0.15) is 58.1 Å². The summed E-state index contributed by atoms with van der Waals surface area (Å²) >= 11 is 7.29. The number of amides is 1. The Balaban J connectivity index is 1.62. The van der Waals surface area contributed by atoms with Crippen molar-refractivity contribution in [3.8, 4) is 0 Å². The van der Waals surface area contributed by atoms with Crippen LogP contribution in [-0.2, 0) is 4.79 Å². The largest absolute Gasteiger partial charge is 0.364 e. The number of thioether (sulfide) groups is 1. The van der Waals surface area contributed by atoms with E-state index in [-0.39, 0.29) is 11.4 Å². The number of anilines is 1. The van der Waals surface area contributed by atoms with E-state index in [1.165, 1.54) is 23.0 Å². The lowest BCUT2D eigenvalue weighted by atomic mass is 9.79. The number of hydrogen-bond acceptors (Lipinski definition) is 4. The van der Waals surface area contributed by atoms with Crippen LogP contribution >= 0.6 is 23.4 Å². The van der Waals surface area contributed by atoms with E-state index in [9.17, 15) is 4.79 Å². The van der Waals surface area contributed by atoms with E-state index in [0.29, 0.717) is 27.1 Å². The summed E-state index contributed by atoms with van der Waals surface area (Å²) in [6.45, 7) is 11.4. The van der Waals surface area contributed by atoms with Crippen molar-refractivity contribution in [3.63, 3.8) is 0 Å². The number of rotatable bonds is 3. The first-order chi connectivity index (χ1) is 14.6. The van der Waals surface area contributed by atoms with Crippen molar-refractivity contribution in [2.45, 2.75) is 58.5 Å². The van der Waals surface area contributed by atoms with Gasteiger partial charge in [-0.15, -0.1) is 0 Å². The number of nitrogens with one attached hydrogen (secondary N) is 1. The zero-order chi connectivity index (χ0) is 22.3. The van der Waals surface area contributed by atoms with Crippen molar-refractivity contribution >= 4 is 51.9 Å². The summed E-state index contributed by atoms with van der Waals surface area (Å²) in [7, 11) is 0. The molecule has 0 spiro atoms. The molecule has 0 aliphatic carbocycles. The molecule has 1 fully saturated rings. The van der Waals surface area contributed by atoms with Crippen molar-refractivity contribution in [2.75, 3.05) is 4.90 Å². The van der Waals surface area contributed by atoms with E-state index in [0.717, 1.165) is 17.7 Å². The van der Waals surface area contributed by atoms with Crippen LogP contribution in [0.5, 0.6) is 0 Å². The minimum atomic E-state index is -0.117. The molecule has 2 heterocycles. The summed E-state index contributed by atoms with van der Waals surface area (Å²) in [6.07, 6.45) is 3.06. The van der Waals surface area contributed by atoms with Gasteiger partial charge in [-0.3, -0.25) is 4.79 Å². The Bertz CT molecular complexity index is 1070. The molecule has 1 amide bonds. The number of carbonyl (C=O) groups is 1. The summed E-state index contributed by atoms with van der Waals surface area (Å²) in [6, 6.07) is 14.2. The first-order valence-electron chi connectivity index (χ1n) is 10.6. The van der Waals surface area contributed by atoms with Gasteiger partial charge in [0.1, 0.15) is 0 Å². The molecule has 1 N–H and O–H groups in total. The fraction of sp³-hybridized carbons (Fsp3) is 0.360. The number of amidine groups is 1. The van der Waals surface area contributed by atoms with Crippen LogP contribution in [0.15, 0.2) is 52.4 Å². The number of halogens is 1. The second-order valence-electron chi connectivity index (χ2n) is 9.16. The number of hydrogen-bond donors (Lipinski definition) is 1. The first kappa shape index (κ1) is 22.0. The van der Waals surface area contributed by atoms with Gasteiger partial charge in [-0.05, 0) is 105 Å². The number of fused-ring (bicyclic) bond motifs is 1. The molecule has 1 atom stereocenters.